The van der Waals surface area contributed by atoms with Crippen molar-refractivity contribution in [2.45, 2.75) is 39.3 Å². The van der Waals surface area contributed by atoms with Crippen molar-refractivity contribution in [2.24, 2.45) is 0 Å². The Morgan fingerprint density at radius 3 is 2.15 bits per heavy atom. The van der Waals surface area contributed by atoms with Crippen LogP contribution in [-0.2, 0) is 14.6 Å². The number of esters is 1. The Kier molecular flexibility index (Phi) is 7.01. The van der Waals surface area contributed by atoms with Crippen LogP contribution < -0.4 is 0 Å². The first-order valence-corrected chi connectivity index (χ1v) is 8.61. The van der Waals surface area contributed by atoms with Crippen molar-refractivity contribution in [3.05, 3.63) is 40.7 Å². The average molecular weight is 291 g/mol. The topological polar surface area (TPSA) is 47.7 Å². The molecule has 1 aromatic carbocycles. The van der Waals surface area contributed by atoms with Crippen molar-refractivity contribution in [2.75, 3.05) is 7.11 Å². The fourth-order valence-electron chi connectivity index (χ4n) is 1.48. The lowest BCUT2D eigenvalue weighted by Crippen LogP contribution is -2.13. The van der Waals surface area contributed by atoms with Gasteiger partial charge >= 0.3 is 5.97 Å². The Hall–Kier alpha value is -1.80. The lowest BCUT2D eigenvalue weighted by Gasteiger charge is -2.21. The number of rotatable bonds is 1. The van der Waals surface area contributed by atoms with Crippen LogP contribution in [-0.4, -0.2) is 21.8 Å². The van der Waals surface area contributed by atoms with Crippen molar-refractivity contribution in [3.8, 4) is 0 Å². The van der Waals surface area contributed by atoms with Crippen LogP contribution in [0.25, 0.3) is 4.85 Å². The van der Waals surface area contributed by atoms with Gasteiger partial charge in [-0.1, -0.05) is 39.0 Å². The van der Waals surface area contributed by atoms with Crippen LogP contribution in [0.5, 0.6) is 0 Å². The third kappa shape index (κ3) is 5.89. The first-order chi connectivity index (χ1) is 9.13. The fraction of sp³-hybridized carbons (Fsp3) is 0.467. The number of carbonyl (C=O) groups excluding carboxylic acids is 1. The van der Waals surface area contributed by atoms with Crippen LogP contribution in [0.4, 0.5) is 5.69 Å². The van der Waals surface area contributed by atoms with Gasteiger partial charge in [0.15, 0.2) is 5.69 Å². The molecule has 0 bridgehead atoms. The van der Waals surface area contributed by atoms with Crippen LogP contribution >= 0.6 is 0 Å². The van der Waals surface area contributed by atoms with Gasteiger partial charge in [-0.05, 0) is 24.1 Å². The maximum Gasteiger partial charge on any atom is 0.337 e. The summed E-state index contributed by atoms with van der Waals surface area (Å²) in [6, 6.07) is 5.02. The molecule has 0 fully saturated rings. The number of methoxy groups -OCH3 is 1. The highest BCUT2D eigenvalue weighted by atomic mass is 28.2. The lowest BCUT2D eigenvalue weighted by molar-refractivity contribution is 0.0600. The molecule has 5 heteroatoms. The van der Waals surface area contributed by atoms with Crippen molar-refractivity contribution in [1.29, 1.82) is 0 Å². The standard InChI is InChI=1S/C13H15NO2.C2H6OSi/c1-13(2,3)10-8-9(12(15)16-5)6-7-11(10)14-4;1-4(2)3/h6-8H,1-3,5H3;1-2H3. The number of carbonyl (C=O) groups is 1. The van der Waals surface area contributed by atoms with Gasteiger partial charge in [0.1, 0.15) is 0 Å². The summed E-state index contributed by atoms with van der Waals surface area (Å²) in [6.07, 6.45) is 0. The molecule has 0 aliphatic carbocycles. The van der Waals surface area contributed by atoms with Crippen molar-refractivity contribution in [1.82, 2.24) is 0 Å². The van der Waals surface area contributed by atoms with Gasteiger partial charge in [-0.3, -0.25) is 0 Å². The first kappa shape index (κ1) is 18.2. The molecule has 0 aliphatic rings. The monoisotopic (exact) mass is 291 g/mol. The van der Waals surface area contributed by atoms with Gasteiger partial charge in [-0.15, -0.1) is 0 Å². The summed E-state index contributed by atoms with van der Waals surface area (Å²) < 4.78 is 14.3. The van der Waals surface area contributed by atoms with E-state index in [-0.39, 0.29) is 11.4 Å². The second-order valence-electron chi connectivity index (χ2n) is 5.49. The quantitative estimate of drug-likeness (QED) is 0.446. The van der Waals surface area contributed by atoms with E-state index in [2.05, 4.69) is 9.58 Å². The molecule has 0 spiro atoms. The molecule has 0 N–H and O–H groups in total. The summed E-state index contributed by atoms with van der Waals surface area (Å²) in [7, 11) is 0.219. The summed E-state index contributed by atoms with van der Waals surface area (Å²) >= 11 is 0. The number of benzene rings is 1. The summed E-state index contributed by atoms with van der Waals surface area (Å²) in [6.45, 7) is 16.6. The summed E-state index contributed by atoms with van der Waals surface area (Å²) in [5.41, 5.74) is 1.77. The number of hydrogen-bond donors (Lipinski definition) is 0. The van der Waals surface area contributed by atoms with E-state index in [1.54, 1.807) is 31.3 Å². The predicted molar refractivity (Wildman–Crippen MR) is 80.9 cm³/mol. The minimum absolute atomic E-state index is 0.163. The Morgan fingerprint density at radius 1 is 1.30 bits per heavy atom. The summed E-state index contributed by atoms with van der Waals surface area (Å²) in [4.78, 5) is 14.9. The Labute approximate surface area is 122 Å². The molecule has 0 atom stereocenters. The zero-order valence-electron chi connectivity index (χ0n) is 12.9. The van der Waals surface area contributed by atoms with E-state index in [1.165, 1.54) is 7.11 Å². The fourth-order valence-corrected chi connectivity index (χ4v) is 1.48. The van der Waals surface area contributed by atoms with E-state index in [1.807, 2.05) is 20.8 Å². The number of ether oxygens (including phenoxy) is 1. The molecule has 0 aliphatic heterocycles. The first-order valence-electron chi connectivity index (χ1n) is 6.21. The molecule has 0 saturated heterocycles. The third-order valence-corrected chi connectivity index (χ3v) is 2.35. The van der Waals surface area contributed by atoms with E-state index in [4.69, 9.17) is 6.57 Å². The number of hydrogen-bond acceptors (Lipinski definition) is 3. The summed E-state index contributed by atoms with van der Waals surface area (Å²) in [5, 5.41) is 0. The Morgan fingerprint density at radius 2 is 1.80 bits per heavy atom. The highest BCUT2D eigenvalue weighted by Crippen LogP contribution is 2.32. The maximum absolute atomic E-state index is 11.4. The van der Waals surface area contributed by atoms with Crippen molar-refractivity contribution >= 4 is 20.3 Å². The smallest absolute Gasteiger partial charge is 0.337 e. The molecule has 0 heterocycles. The van der Waals surface area contributed by atoms with Gasteiger partial charge in [0.25, 0.3) is 8.68 Å². The van der Waals surface area contributed by atoms with Crippen LogP contribution in [0.15, 0.2) is 18.2 Å². The van der Waals surface area contributed by atoms with Crippen LogP contribution in [0.3, 0.4) is 0 Å². The molecule has 108 valence electrons. The summed E-state index contributed by atoms with van der Waals surface area (Å²) in [5.74, 6) is -0.373. The largest absolute Gasteiger partial charge is 0.465 e. The second-order valence-corrected chi connectivity index (χ2v) is 7.31. The molecule has 1 aromatic rings. The molecule has 0 aromatic heterocycles. The van der Waals surface area contributed by atoms with Gasteiger partial charge in [-0.2, -0.15) is 0 Å². The van der Waals surface area contributed by atoms with E-state index in [0.29, 0.717) is 11.3 Å². The Bertz CT molecular complexity index is 535. The molecule has 1 rings (SSSR count). The zero-order valence-corrected chi connectivity index (χ0v) is 13.9. The molecular formula is C15H21NO3Si. The highest BCUT2D eigenvalue weighted by molar-refractivity contribution is 6.38. The van der Waals surface area contributed by atoms with Gasteiger partial charge in [0, 0.05) is 0 Å². The maximum atomic E-state index is 11.4. The lowest BCUT2D eigenvalue weighted by atomic mass is 9.85. The van der Waals surface area contributed by atoms with Gasteiger partial charge in [0.2, 0.25) is 0 Å². The van der Waals surface area contributed by atoms with E-state index in [0.717, 1.165) is 5.56 Å². The van der Waals surface area contributed by atoms with E-state index in [9.17, 15) is 9.26 Å². The Balaban J connectivity index is 0.000000796. The SMILES string of the molecule is C[Si](C)=O.[C-]#[N+]c1ccc(C(=O)OC)cc1C(C)(C)C. The minimum Gasteiger partial charge on any atom is -0.465 e. The van der Waals surface area contributed by atoms with Crippen LogP contribution in [0.2, 0.25) is 13.1 Å². The third-order valence-electron chi connectivity index (χ3n) is 2.35. The predicted octanol–water partition coefficient (Wildman–Crippen LogP) is 3.99. The average Bonchev–Trinajstić information content (AvgIpc) is 2.35. The zero-order chi connectivity index (χ0) is 15.9. The number of nitrogens with zero attached hydrogens (tertiary/aromatic N) is 1. The highest BCUT2D eigenvalue weighted by Gasteiger charge is 2.20. The van der Waals surface area contributed by atoms with Gasteiger partial charge in [0.05, 0.1) is 19.2 Å². The van der Waals surface area contributed by atoms with Gasteiger partial charge in [-0.25, -0.2) is 9.64 Å². The van der Waals surface area contributed by atoms with Gasteiger partial charge < -0.3 is 9.20 Å². The van der Waals surface area contributed by atoms with E-state index >= 15 is 0 Å². The van der Waals surface area contributed by atoms with Crippen LogP contribution in [0, 0.1) is 6.57 Å². The molecule has 0 radical (unpaired) electrons. The molecule has 0 saturated carbocycles. The molecule has 4 nitrogen and oxygen atoms in total. The molecule has 0 unspecified atom stereocenters. The molecule has 20 heavy (non-hydrogen) atoms. The molecular weight excluding hydrogens is 270 g/mol. The van der Waals surface area contributed by atoms with E-state index < -0.39 is 8.68 Å². The second kappa shape index (κ2) is 7.71. The van der Waals surface area contributed by atoms with Crippen molar-refractivity contribution in [3.63, 3.8) is 0 Å². The van der Waals surface area contributed by atoms with Crippen molar-refractivity contribution < 1.29 is 14.0 Å². The minimum atomic E-state index is -1.13. The normalized spacial score (nSPS) is 9.85. The van der Waals surface area contributed by atoms with Crippen LogP contribution in [0.1, 0.15) is 36.7 Å². The molecule has 0 amide bonds.